The lowest BCUT2D eigenvalue weighted by molar-refractivity contribution is -0.145. The van der Waals surface area contributed by atoms with Crippen LogP contribution in [-0.4, -0.2) is 28.6 Å². The predicted molar refractivity (Wildman–Crippen MR) is 58.6 cm³/mol. The fourth-order valence-corrected chi connectivity index (χ4v) is 1.56. The Morgan fingerprint density at radius 1 is 1.69 bits per heavy atom. The average Bonchev–Trinajstić information content (AvgIpc) is 2.95. The summed E-state index contributed by atoms with van der Waals surface area (Å²) in [6, 6.07) is -0.598. The van der Waals surface area contributed by atoms with E-state index < -0.39 is 6.04 Å². The van der Waals surface area contributed by atoms with Gasteiger partial charge in [0.15, 0.2) is 0 Å². The number of H-pyrrole nitrogens is 1. The number of rotatable bonds is 6. The smallest absolute Gasteiger partial charge is 0.323 e. The molecule has 1 aliphatic carbocycles. The van der Waals surface area contributed by atoms with E-state index in [1.165, 1.54) is 12.8 Å². The fraction of sp³-hybridized carbons (Fsp3) is 0.636. The molecule has 88 valence electrons. The van der Waals surface area contributed by atoms with Crippen molar-refractivity contribution >= 4 is 5.97 Å². The highest BCUT2D eigenvalue weighted by atomic mass is 16.5. The molecule has 16 heavy (non-hydrogen) atoms. The lowest BCUT2D eigenvalue weighted by Gasteiger charge is -2.10. The average molecular weight is 223 g/mol. The first-order valence-electron chi connectivity index (χ1n) is 5.65. The van der Waals surface area contributed by atoms with Gasteiger partial charge in [0.25, 0.3) is 0 Å². The molecule has 1 aromatic rings. The summed E-state index contributed by atoms with van der Waals surface area (Å²) >= 11 is 0. The number of aromatic nitrogens is 2. The quantitative estimate of drug-likeness (QED) is 0.693. The molecule has 5 nitrogen and oxygen atoms in total. The highest BCUT2D eigenvalue weighted by molar-refractivity contribution is 5.75. The van der Waals surface area contributed by atoms with Crippen LogP contribution in [0.15, 0.2) is 12.5 Å². The van der Waals surface area contributed by atoms with E-state index in [0.29, 0.717) is 13.0 Å². The molecule has 3 N–H and O–H groups in total. The maximum absolute atomic E-state index is 11.5. The number of aromatic amines is 1. The van der Waals surface area contributed by atoms with Crippen LogP contribution in [0.3, 0.4) is 0 Å². The summed E-state index contributed by atoms with van der Waals surface area (Å²) in [6.45, 7) is 0.500. The summed E-state index contributed by atoms with van der Waals surface area (Å²) in [6.07, 6.45) is 7.21. The number of esters is 1. The minimum absolute atomic E-state index is 0.324. The molecule has 0 radical (unpaired) electrons. The van der Waals surface area contributed by atoms with Gasteiger partial charge in [-0.05, 0) is 12.3 Å². The molecular weight excluding hydrogens is 206 g/mol. The third kappa shape index (κ3) is 3.34. The zero-order valence-corrected chi connectivity index (χ0v) is 9.19. The van der Waals surface area contributed by atoms with Crippen molar-refractivity contribution in [2.24, 2.45) is 11.7 Å². The third-order valence-corrected chi connectivity index (χ3v) is 2.76. The van der Waals surface area contributed by atoms with Crippen molar-refractivity contribution in [2.45, 2.75) is 31.7 Å². The number of carbonyl (C=O) groups is 1. The molecule has 0 aromatic carbocycles. The van der Waals surface area contributed by atoms with E-state index in [9.17, 15) is 4.79 Å². The summed E-state index contributed by atoms with van der Waals surface area (Å²) in [4.78, 5) is 18.3. The molecule has 1 atom stereocenters. The van der Waals surface area contributed by atoms with Crippen molar-refractivity contribution in [3.05, 3.63) is 18.2 Å². The molecule has 2 rings (SSSR count). The van der Waals surface area contributed by atoms with E-state index in [0.717, 1.165) is 18.0 Å². The number of imidazole rings is 1. The molecule has 1 aliphatic rings. The number of hydrogen-bond acceptors (Lipinski definition) is 4. The van der Waals surface area contributed by atoms with Crippen molar-refractivity contribution in [2.75, 3.05) is 6.61 Å². The second-order valence-electron chi connectivity index (χ2n) is 4.29. The zero-order valence-electron chi connectivity index (χ0n) is 9.19. The van der Waals surface area contributed by atoms with Gasteiger partial charge in [-0.1, -0.05) is 12.8 Å². The summed E-state index contributed by atoms with van der Waals surface area (Å²) < 4.78 is 5.11. The van der Waals surface area contributed by atoms with Crippen LogP contribution in [0.25, 0.3) is 0 Å². The Morgan fingerprint density at radius 2 is 2.50 bits per heavy atom. The maximum atomic E-state index is 11.5. The van der Waals surface area contributed by atoms with Gasteiger partial charge in [-0.15, -0.1) is 0 Å². The second-order valence-corrected chi connectivity index (χ2v) is 4.29. The van der Waals surface area contributed by atoms with E-state index in [2.05, 4.69) is 9.97 Å². The molecule has 1 fully saturated rings. The van der Waals surface area contributed by atoms with Crippen molar-refractivity contribution in [3.8, 4) is 0 Å². The van der Waals surface area contributed by atoms with Crippen LogP contribution >= 0.6 is 0 Å². The number of nitrogens with two attached hydrogens (primary N) is 1. The predicted octanol–water partition coefficient (Wildman–Crippen LogP) is 0.623. The van der Waals surface area contributed by atoms with E-state index in [4.69, 9.17) is 10.5 Å². The summed E-state index contributed by atoms with van der Waals surface area (Å²) in [5.41, 5.74) is 6.57. The molecule has 1 saturated carbocycles. The van der Waals surface area contributed by atoms with Gasteiger partial charge >= 0.3 is 5.97 Å². The number of ether oxygens (including phenoxy) is 1. The van der Waals surface area contributed by atoms with Gasteiger partial charge in [0.2, 0.25) is 0 Å². The van der Waals surface area contributed by atoms with E-state index in [-0.39, 0.29) is 5.97 Å². The third-order valence-electron chi connectivity index (χ3n) is 2.76. The molecular formula is C11H17N3O2. The van der Waals surface area contributed by atoms with Crippen molar-refractivity contribution in [1.82, 2.24) is 9.97 Å². The highest BCUT2D eigenvalue weighted by Crippen LogP contribution is 2.32. The minimum Gasteiger partial charge on any atom is -0.465 e. The molecule has 5 heteroatoms. The van der Waals surface area contributed by atoms with Crippen molar-refractivity contribution < 1.29 is 9.53 Å². The Labute approximate surface area is 94.4 Å². The van der Waals surface area contributed by atoms with Crippen LogP contribution < -0.4 is 5.73 Å². The zero-order chi connectivity index (χ0) is 11.4. The highest BCUT2D eigenvalue weighted by Gasteiger charge is 2.22. The number of carbonyl (C=O) groups excluding carboxylic acids is 1. The Hall–Kier alpha value is -1.36. The monoisotopic (exact) mass is 223 g/mol. The van der Waals surface area contributed by atoms with Gasteiger partial charge in [0.1, 0.15) is 6.04 Å². The molecule has 0 bridgehead atoms. The van der Waals surface area contributed by atoms with Crippen molar-refractivity contribution in [3.63, 3.8) is 0 Å². The minimum atomic E-state index is -0.598. The molecule has 0 amide bonds. The SMILES string of the molecule is N[C@@H](Cc1cnc[nH]1)C(=O)OCCC1CC1. The largest absolute Gasteiger partial charge is 0.465 e. The Bertz CT molecular complexity index is 333. The van der Waals surface area contributed by atoms with Gasteiger partial charge in [-0.3, -0.25) is 4.79 Å². The van der Waals surface area contributed by atoms with Crippen LogP contribution in [0.5, 0.6) is 0 Å². The topological polar surface area (TPSA) is 81.0 Å². The molecule has 0 spiro atoms. The van der Waals surface area contributed by atoms with Gasteiger partial charge in [-0.2, -0.15) is 0 Å². The first kappa shape index (κ1) is 11.1. The van der Waals surface area contributed by atoms with E-state index in [1.54, 1.807) is 12.5 Å². The Kier molecular flexibility index (Phi) is 3.56. The van der Waals surface area contributed by atoms with Crippen LogP contribution in [0, 0.1) is 5.92 Å². The second kappa shape index (κ2) is 5.12. The normalized spacial score (nSPS) is 17.1. The van der Waals surface area contributed by atoms with E-state index in [1.807, 2.05) is 0 Å². The molecule has 0 unspecified atom stereocenters. The first-order chi connectivity index (χ1) is 7.75. The molecule has 0 saturated heterocycles. The van der Waals surface area contributed by atoms with Gasteiger partial charge in [0.05, 0.1) is 12.9 Å². The lowest BCUT2D eigenvalue weighted by atomic mass is 10.2. The summed E-state index contributed by atoms with van der Waals surface area (Å²) in [7, 11) is 0. The summed E-state index contributed by atoms with van der Waals surface area (Å²) in [5.74, 6) is 0.451. The number of nitrogens with zero attached hydrogens (tertiary/aromatic N) is 1. The van der Waals surface area contributed by atoms with Gasteiger partial charge in [-0.25, -0.2) is 4.98 Å². The Morgan fingerprint density at radius 3 is 3.12 bits per heavy atom. The van der Waals surface area contributed by atoms with Crippen LogP contribution in [0.2, 0.25) is 0 Å². The molecule has 0 aliphatic heterocycles. The van der Waals surface area contributed by atoms with Gasteiger partial charge < -0.3 is 15.5 Å². The summed E-state index contributed by atoms with van der Waals surface area (Å²) in [5, 5.41) is 0. The Balaban J connectivity index is 1.66. The van der Waals surface area contributed by atoms with Crippen molar-refractivity contribution in [1.29, 1.82) is 0 Å². The fourth-order valence-electron chi connectivity index (χ4n) is 1.56. The standard InChI is InChI=1S/C11H17N3O2/c12-10(5-9-6-13-7-14-9)11(15)16-4-3-8-1-2-8/h6-8,10H,1-5,12H2,(H,13,14)/t10-/m0/s1. The molecule has 1 heterocycles. The molecule has 1 aromatic heterocycles. The van der Waals surface area contributed by atoms with Crippen LogP contribution in [-0.2, 0) is 16.0 Å². The van der Waals surface area contributed by atoms with Crippen LogP contribution in [0.1, 0.15) is 25.0 Å². The van der Waals surface area contributed by atoms with Gasteiger partial charge in [0, 0.05) is 18.3 Å². The van der Waals surface area contributed by atoms with Crippen LogP contribution in [0.4, 0.5) is 0 Å². The van der Waals surface area contributed by atoms with E-state index >= 15 is 0 Å². The number of hydrogen-bond donors (Lipinski definition) is 2. The number of nitrogens with one attached hydrogen (secondary N) is 1. The first-order valence-corrected chi connectivity index (χ1v) is 5.65. The maximum Gasteiger partial charge on any atom is 0.323 e. The lowest BCUT2D eigenvalue weighted by Crippen LogP contribution is -2.34.